The summed E-state index contributed by atoms with van der Waals surface area (Å²) in [5.74, 6) is -1.65. The lowest BCUT2D eigenvalue weighted by atomic mass is 9.99. The fraction of sp³-hybridized carbons (Fsp3) is 0.429. The first-order valence-electron chi connectivity index (χ1n) is 6.14. The average molecular weight is 250 g/mol. The number of carbonyl (C=O) groups is 2. The smallest absolute Gasteiger partial charge is 0.339 e. The first-order valence-corrected chi connectivity index (χ1v) is 6.14. The van der Waals surface area contributed by atoms with Crippen molar-refractivity contribution in [2.45, 2.75) is 33.1 Å². The predicted molar refractivity (Wildman–Crippen MR) is 68.0 cm³/mol. The molecule has 1 N–H and O–H groups in total. The number of aromatic carboxylic acids is 1. The largest absolute Gasteiger partial charge is 0.478 e. The second kappa shape index (κ2) is 6.79. The van der Waals surface area contributed by atoms with Gasteiger partial charge in [0.15, 0.2) is 0 Å². The van der Waals surface area contributed by atoms with Crippen molar-refractivity contribution in [1.82, 2.24) is 0 Å². The Hall–Kier alpha value is -1.84. The molecular weight excluding hydrogens is 232 g/mol. The van der Waals surface area contributed by atoms with Gasteiger partial charge in [-0.25, -0.2) is 9.59 Å². The van der Waals surface area contributed by atoms with Crippen LogP contribution in [-0.4, -0.2) is 23.7 Å². The van der Waals surface area contributed by atoms with Crippen LogP contribution in [0.25, 0.3) is 0 Å². The zero-order valence-electron chi connectivity index (χ0n) is 10.7. The maximum Gasteiger partial charge on any atom is 0.339 e. The topological polar surface area (TPSA) is 63.6 Å². The van der Waals surface area contributed by atoms with Crippen LogP contribution in [0, 0.1) is 0 Å². The molecule has 0 saturated carbocycles. The summed E-state index contributed by atoms with van der Waals surface area (Å²) >= 11 is 0. The van der Waals surface area contributed by atoms with E-state index in [1.807, 2.05) is 13.8 Å². The zero-order valence-corrected chi connectivity index (χ0v) is 10.7. The highest BCUT2D eigenvalue weighted by molar-refractivity contribution is 6.03. The molecule has 0 aliphatic heterocycles. The monoisotopic (exact) mass is 250 g/mol. The number of hydrogen-bond acceptors (Lipinski definition) is 3. The van der Waals surface area contributed by atoms with Crippen molar-refractivity contribution in [1.29, 1.82) is 0 Å². The fourth-order valence-electron chi connectivity index (χ4n) is 1.70. The Morgan fingerprint density at radius 2 is 2.00 bits per heavy atom. The molecule has 4 heteroatoms. The number of esters is 1. The Morgan fingerprint density at radius 3 is 2.56 bits per heavy atom. The minimum atomic E-state index is -1.10. The summed E-state index contributed by atoms with van der Waals surface area (Å²) in [4.78, 5) is 23.1. The van der Waals surface area contributed by atoms with Gasteiger partial charge in [0.25, 0.3) is 0 Å². The molecular formula is C14H18O4. The Bertz CT molecular complexity index is 437. The van der Waals surface area contributed by atoms with Crippen LogP contribution >= 0.6 is 0 Å². The van der Waals surface area contributed by atoms with Gasteiger partial charge < -0.3 is 9.84 Å². The van der Waals surface area contributed by atoms with E-state index in [0.717, 1.165) is 12.8 Å². The minimum absolute atomic E-state index is 0.0100. The number of rotatable bonds is 6. The molecule has 4 nitrogen and oxygen atoms in total. The number of carboxylic acid groups (broad SMARTS) is 1. The van der Waals surface area contributed by atoms with Crippen molar-refractivity contribution in [2.75, 3.05) is 6.61 Å². The molecule has 0 saturated heterocycles. The number of ether oxygens (including phenoxy) is 1. The number of carbonyl (C=O) groups excluding carboxylic acids is 1. The number of hydrogen-bond donors (Lipinski definition) is 1. The van der Waals surface area contributed by atoms with Crippen molar-refractivity contribution >= 4 is 11.9 Å². The Labute approximate surface area is 107 Å². The van der Waals surface area contributed by atoms with E-state index in [1.165, 1.54) is 6.07 Å². The van der Waals surface area contributed by atoms with E-state index in [1.54, 1.807) is 12.1 Å². The molecule has 0 fully saturated rings. The molecule has 0 unspecified atom stereocenters. The quantitative estimate of drug-likeness (QED) is 0.622. The van der Waals surface area contributed by atoms with Crippen molar-refractivity contribution in [3.63, 3.8) is 0 Å². The van der Waals surface area contributed by atoms with Crippen LogP contribution < -0.4 is 0 Å². The molecule has 0 bridgehead atoms. The highest BCUT2D eigenvalue weighted by Crippen LogP contribution is 2.17. The summed E-state index contributed by atoms with van der Waals surface area (Å²) in [6, 6.07) is 4.83. The summed E-state index contributed by atoms with van der Waals surface area (Å²) in [5, 5.41) is 9.10. The molecule has 1 rings (SSSR count). The van der Waals surface area contributed by atoms with Crippen LogP contribution in [0.1, 0.15) is 53.0 Å². The van der Waals surface area contributed by atoms with E-state index in [-0.39, 0.29) is 11.1 Å². The van der Waals surface area contributed by atoms with Gasteiger partial charge in [-0.1, -0.05) is 32.4 Å². The van der Waals surface area contributed by atoms with Gasteiger partial charge in [-0.3, -0.25) is 0 Å². The van der Waals surface area contributed by atoms with E-state index >= 15 is 0 Å². The van der Waals surface area contributed by atoms with E-state index in [2.05, 4.69) is 0 Å². The van der Waals surface area contributed by atoms with Crippen molar-refractivity contribution in [3.8, 4) is 0 Å². The summed E-state index contributed by atoms with van der Waals surface area (Å²) in [5.41, 5.74) is 0.899. The molecule has 0 aromatic heterocycles. The van der Waals surface area contributed by atoms with Crippen LogP contribution in [0.2, 0.25) is 0 Å². The Morgan fingerprint density at radius 1 is 1.28 bits per heavy atom. The molecule has 1 aromatic carbocycles. The summed E-state index contributed by atoms with van der Waals surface area (Å²) < 4.78 is 5.10. The van der Waals surface area contributed by atoms with Crippen LogP contribution in [0.3, 0.4) is 0 Å². The third kappa shape index (κ3) is 3.32. The van der Waals surface area contributed by atoms with Crippen LogP contribution in [0.15, 0.2) is 18.2 Å². The number of carboxylic acids is 1. The molecule has 18 heavy (non-hydrogen) atoms. The van der Waals surface area contributed by atoms with Crippen LogP contribution in [0.4, 0.5) is 0 Å². The first-order chi connectivity index (χ1) is 8.61. The van der Waals surface area contributed by atoms with Gasteiger partial charge in [0.05, 0.1) is 17.7 Å². The third-order valence-corrected chi connectivity index (χ3v) is 2.70. The predicted octanol–water partition coefficient (Wildman–Crippen LogP) is 2.90. The van der Waals surface area contributed by atoms with Gasteiger partial charge in [0, 0.05) is 0 Å². The summed E-state index contributed by atoms with van der Waals surface area (Å²) in [6.07, 6.45) is 2.30. The van der Waals surface area contributed by atoms with Gasteiger partial charge in [-0.15, -0.1) is 0 Å². The SMILES string of the molecule is CCCCOC(=O)c1c(CC)cccc1C(=O)O. The number of aryl methyl sites for hydroxylation is 1. The van der Waals surface area contributed by atoms with Crippen molar-refractivity contribution in [3.05, 3.63) is 34.9 Å². The molecule has 0 radical (unpaired) electrons. The molecule has 0 aliphatic carbocycles. The van der Waals surface area contributed by atoms with Gasteiger partial charge in [-0.05, 0) is 24.5 Å². The molecule has 0 heterocycles. The third-order valence-electron chi connectivity index (χ3n) is 2.70. The Balaban J connectivity index is 3.03. The highest BCUT2D eigenvalue weighted by atomic mass is 16.5. The summed E-state index contributed by atoms with van der Waals surface area (Å²) in [7, 11) is 0. The lowest BCUT2D eigenvalue weighted by Gasteiger charge is -2.10. The molecule has 0 atom stereocenters. The fourth-order valence-corrected chi connectivity index (χ4v) is 1.70. The standard InChI is InChI=1S/C14H18O4/c1-3-5-9-18-14(17)12-10(4-2)7-6-8-11(12)13(15)16/h6-8H,3-5,9H2,1-2H3,(H,15,16). The minimum Gasteiger partial charge on any atom is -0.478 e. The van der Waals surface area contributed by atoms with Gasteiger partial charge in [0.2, 0.25) is 0 Å². The maximum absolute atomic E-state index is 11.9. The van der Waals surface area contributed by atoms with E-state index in [9.17, 15) is 9.59 Å². The average Bonchev–Trinajstić information content (AvgIpc) is 2.37. The van der Waals surface area contributed by atoms with Gasteiger partial charge >= 0.3 is 11.9 Å². The molecule has 0 spiro atoms. The highest BCUT2D eigenvalue weighted by Gasteiger charge is 2.20. The van der Waals surface area contributed by atoms with Crippen LogP contribution in [0.5, 0.6) is 0 Å². The van der Waals surface area contributed by atoms with Crippen LogP contribution in [-0.2, 0) is 11.2 Å². The lowest BCUT2D eigenvalue weighted by Crippen LogP contribution is -2.15. The second-order valence-corrected chi connectivity index (χ2v) is 3.99. The van der Waals surface area contributed by atoms with Gasteiger partial charge in [0.1, 0.15) is 0 Å². The van der Waals surface area contributed by atoms with E-state index in [4.69, 9.17) is 9.84 Å². The van der Waals surface area contributed by atoms with E-state index in [0.29, 0.717) is 18.6 Å². The first kappa shape index (κ1) is 14.2. The lowest BCUT2D eigenvalue weighted by molar-refractivity contribution is 0.0488. The number of benzene rings is 1. The van der Waals surface area contributed by atoms with Crippen molar-refractivity contribution < 1.29 is 19.4 Å². The second-order valence-electron chi connectivity index (χ2n) is 3.99. The molecule has 0 aliphatic rings. The zero-order chi connectivity index (χ0) is 13.5. The molecule has 1 aromatic rings. The maximum atomic E-state index is 11.9. The summed E-state index contributed by atoms with van der Waals surface area (Å²) in [6.45, 7) is 4.20. The normalized spacial score (nSPS) is 10.1. The number of unbranched alkanes of at least 4 members (excludes halogenated alkanes) is 1. The molecule has 98 valence electrons. The molecule has 0 amide bonds. The van der Waals surface area contributed by atoms with Crippen molar-refractivity contribution in [2.24, 2.45) is 0 Å². The van der Waals surface area contributed by atoms with Gasteiger partial charge in [-0.2, -0.15) is 0 Å². The van der Waals surface area contributed by atoms with E-state index < -0.39 is 11.9 Å². The Kier molecular flexibility index (Phi) is 5.36.